The van der Waals surface area contributed by atoms with Gasteiger partial charge in [-0.25, -0.2) is 23.7 Å². The summed E-state index contributed by atoms with van der Waals surface area (Å²) in [6.07, 6.45) is 5.41. The summed E-state index contributed by atoms with van der Waals surface area (Å²) < 4.78 is 35.1. The molecule has 0 spiro atoms. The number of nitrogen functional groups attached to an aromatic ring is 1. The summed E-state index contributed by atoms with van der Waals surface area (Å²) in [5.74, 6) is -1.55. The summed E-state index contributed by atoms with van der Waals surface area (Å²) in [5.41, 5.74) is 5.99. The summed E-state index contributed by atoms with van der Waals surface area (Å²) in [5, 5.41) is 0.375. The topological polar surface area (TPSA) is 92.9 Å². The second-order valence-electron chi connectivity index (χ2n) is 5.71. The average molecular weight is 391 g/mol. The predicted molar refractivity (Wildman–Crippen MR) is 97.8 cm³/mol. The highest BCUT2D eigenvalue weighted by atomic mass is 35.5. The van der Waals surface area contributed by atoms with Crippen LogP contribution in [0.2, 0.25) is 0 Å². The molecule has 0 bridgehead atoms. The Labute approximate surface area is 157 Å². The first-order chi connectivity index (χ1) is 13.0. The number of hydrogen-bond acceptors (Lipinski definition) is 6. The molecule has 7 nitrogen and oxygen atoms in total. The number of halogens is 3. The van der Waals surface area contributed by atoms with Crippen molar-refractivity contribution in [1.82, 2.24) is 19.9 Å². The average Bonchev–Trinajstić information content (AvgIpc) is 3.07. The molecule has 0 fully saturated rings. The van der Waals surface area contributed by atoms with Crippen molar-refractivity contribution in [3.05, 3.63) is 53.5 Å². The summed E-state index contributed by atoms with van der Waals surface area (Å²) in [7, 11) is 1.47. The van der Waals surface area contributed by atoms with Gasteiger partial charge in [0, 0.05) is 13.3 Å². The molecule has 1 unspecified atom stereocenters. The minimum Gasteiger partial charge on any atom is -0.382 e. The standard InChI is InChI=1S/C17H13ClF2N6O/c1-27-11-5-2-8(18)6-26(11)10-4-3-9(19)12(13(10)20)16-24-14-15(21)22-7-23-17(14)25-16/h2-7,11H,1H3,(H3,21,22,23,24,25). The van der Waals surface area contributed by atoms with Crippen molar-refractivity contribution >= 4 is 34.3 Å². The predicted octanol–water partition coefficient (Wildman–Crippen LogP) is 3.31. The van der Waals surface area contributed by atoms with Crippen LogP contribution in [0.3, 0.4) is 0 Å². The van der Waals surface area contributed by atoms with Gasteiger partial charge in [-0.3, -0.25) is 0 Å². The number of methoxy groups -OCH3 is 1. The lowest BCUT2D eigenvalue weighted by atomic mass is 10.1. The molecule has 0 saturated heterocycles. The molecular formula is C17H13ClF2N6O. The Hall–Kier alpha value is -3.04. The molecule has 1 aromatic carbocycles. The minimum absolute atomic E-state index is 0.0503. The maximum atomic E-state index is 15.3. The van der Waals surface area contributed by atoms with Crippen LogP contribution in [0.5, 0.6) is 0 Å². The number of aromatic amines is 1. The van der Waals surface area contributed by atoms with Crippen molar-refractivity contribution in [3.8, 4) is 11.4 Å². The molecule has 4 rings (SSSR count). The summed E-state index contributed by atoms with van der Waals surface area (Å²) in [6.45, 7) is 0. The number of benzene rings is 1. The van der Waals surface area contributed by atoms with Crippen molar-refractivity contribution in [2.75, 3.05) is 17.7 Å². The van der Waals surface area contributed by atoms with Crippen LogP contribution in [0.4, 0.5) is 20.3 Å². The van der Waals surface area contributed by atoms with Gasteiger partial charge in [-0.2, -0.15) is 0 Å². The third-order valence-electron chi connectivity index (χ3n) is 4.10. The molecular weight excluding hydrogens is 378 g/mol. The van der Waals surface area contributed by atoms with Crippen LogP contribution in [0.1, 0.15) is 0 Å². The third-order valence-corrected chi connectivity index (χ3v) is 4.33. The van der Waals surface area contributed by atoms with Crippen LogP contribution in [-0.2, 0) is 4.74 Å². The smallest absolute Gasteiger partial charge is 0.183 e. The van der Waals surface area contributed by atoms with E-state index in [1.54, 1.807) is 12.2 Å². The molecule has 27 heavy (non-hydrogen) atoms. The van der Waals surface area contributed by atoms with E-state index in [1.165, 1.54) is 30.6 Å². The fourth-order valence-corrected chi connectivity index (χ4v) is 3.02. The maximum Gasteiger partial charge on any atom is 0.183 e. The van der Waals surface area contributed by atoms with E-state index < -0.39 is 17.9 Å². The van der Waals surface area contributed by atoms with Crippen molar-refractivity contribution < 1.29 is 13.5 Å². The van der Waals surface area contributed by atoms with Gasteiger partial charge in [0.1, 0.15) is 23.5 Å². The number of anilines is 2. The quantitative estimate of drug-likeness (QED) is 0.712. The molecule has 3 N–H and O–H groups in total. The summed E-state index contributed by atoms with van der Waals surface area (Å²) in [4.78, 5) is 16.2. The van der Waals surface area contributed by atoms with E-state index in [4.69, 9.17) is 22.1 Å². The highest BCUT2D eigenvalue weighted by Crippen LogP contribution is 2.35. The van der Waals surface area contributed by atoms with Crippen molar-refractivity contribution in [1.29, 1.82) is 0 Å². The van der Waals surface area contributed by atoms with Crippen LogP contribution in [0.15, 0.2) is 41.8 Å². The molecule has 3 aromatic rings. The van der Waals surface area contributed by atoms with Gasteiger partial charge in [0.25, 0.3) is 0 Å². The second-order valence-corrected chi connectivity index (χ2v) is 6.14. The Bertz CT molecular complexity index is 1100. The molecule has 1 aliphatic heterocycles. The van der Waals surface area contributed by atoms with Crippen LogP contribution < -0.4 is 10.6 Å². The first kappa shape index (κ1) is 17.4. The first-order valence-corrected chi connectivity index (χ1v) is 8.18. The lowest BCUT2D eigenvalue weighted by Gasteiger charge is -2.30. The molecule has 1 atom stereocenters. The molecule has 0 saturated carbocycles. The number of aromatic nitrogens is 4. The van der Waals surface area contributed by atoms with Gasteiger partial charge >= 0.3 is 0 Å². The van der Waals surface area contributed by atoms with Gasteiger partial charge in [-0.1, -0.05) is 11.6 Å². The van der Waals surface area contributed by atoms with Crippen molar-refractivity contribution in [2.24, 2.45) is 0 Å². The number of nitrogens with zero attached hydrogens (tertiary/aromatic N) is 4. The van der Waals surface area contributed by atoms with Gasteiger partial charge in [0.15, 0.2) is 23.5 Å². The number of hydrogen-bond donors (Lipinski definition) is 2. The fraction of sp³-hybridized carbons (Fsp3) is 0.118. The monoisotopic (exact) mass is 390 g/mol. The molecule has 0 amide bonds. The van der Waals surface area contributed by atoms with E-state index in [9.17, 15) is 4.39 Å². The zero-order valence-corrected chi connectivity index (χ0v) is 14.7. The maximum absolute atomic E-state index is 15.3. The number of H-pyrrole nitrogens is 1. The zero-order chi connectivity index (χ0) is 19.1. The van der Waals surface area contributed by atoms with E-state index in [-0.39, 0.29) is 28.5 Å². The Morgan fingerprint density at radius 1 is 1.30 bits per heavy atom. The van der Waals surface area contributed by atoms with Crippen LogP contribution in [0, 0.1) is 11.6 Å². The number of fused-ring (bicyclic) bond motifs is 1. The Morgan fingerprint density at radius 2 is 2.11 bits per heavy atom. The Balaban J connectivity index is 1.88. The second kappa shape index (κ2) is 6.60. The van der Waals surface area contributed by atoms with Gasteiger partial charge in [0.2, 0.25) is 0 Å². The van der Waals surface area contributed by atoms with Gasteiger partial charge in [-0.05, 0) is 24.3 Å². The first-order valence-electron chi connectivity index (χ1n) is 7.81. The highest BCUT2D eigenvalue weighted by Gasteiger charge is 2.26. The summed E-state index contributed by atoms with van der Waals surface area (Å²) >= 11 is 6.03. The van der Waals surface area contributed by atoms with Crippen LogP contribution in [-0.4, -0.2) is 33.3 Å². The largest absolute Gasteiger partial charge is 0.382 e. The van der Waals surface area contributed by atoms with E-state index in [1.807, 2.05) is 0 Å². The number of allylic oxidation sites excluding steroid dienone is 2. The van der Waals surface area contributed by atoms with E-state index in [2.05, 4.69) is 19.9 Å². The fourth-order valence-electron chi connectivity index (χ4n) is 2.84. The molecule has 138 valence electrons. The molecule has 3 heterocycles. The zero-order valence-electron chi connectivity index (χ0n) is 13.9. The Kier molecular flexibility index (Phi) is 4.25. The normalized spacial score (nSPS) is 16.8. The van der Waals surface area contributed by atoms with Gasteiger partial charge in [0.05, 0.1) is 16.3 Å². The molecule has 2 aromatic heterocycles. The molecule has 0 radical (unpaired) electrons. The van der Waals surface area contributed by atoms with Crippen LogP contribution in [0.25, 0.3) is 22.6 Å². The number of nitrogens with two attached hydrogens (primary N) is 1. The molecule has 0 aliphatic carbocycles. The Morgan fingerprint density at radius 3 is 2.85 bits per heavy atom. The number of imidazole rings is 1. The number of ether oxygens (including phenoxy) is 1. The highest BCUT2D eigenvalue weighted by molar-refractivity contribution is 6.31. The molecule has 1 aliphatic rings. The third kappa shape index (κ3) is 2.90. The van der Waals surface area contributed by atoms with Crippen LogP contribution >= 0.6 is 11.6 Å². The number of nitrogens with one attached hydrogen (secondary N) is 1. The lowest BCUT2D eigenvalue weighted by molar-refractivity contribution is 0.143. The van der Waals surface area contributed by atoms with E-state index in [0.717, 1.165) is 6.07 Å². The van der Waals surface area contributed by atoms with Gasteiger partial charge < -0.3 is 20.4 Å². The minimum atomic E-state index is -0.835. The number of rotatable bonds is 3. The lowest BCUT2D eigenvalue weighted by Crippen LogP contribution is -2.33. The van der Waals surface area contributed by atoms with E-state index in [0.29, 0.717) is 10.5 Å². The SMILES string of the molecule is COC1C=CC(Cl)=CN1c1ccc(F)c(-c2nc3ncnc(N)c3[nH]2)c1F. The van der Waals surface area contributed by atoms with Crippen molar-refractivity contribution in [2.45, 2.75) is 6.23 Å². The molecule has 10 heteroatoms. The van der Waals surface area contributed by atoms with Crippen molar-refractivity contribution in [3.63, 3.8) is 0 Å². The summed E-state index contributed by atoms with van der Waals surface area (Å²) in [6, 6.07) is 2.44. The van der Waals surface area contributed by atoms with E-state index >= 15 is 4.39 Å². The van der Waals surface area contributed by atoms with Gasteiger partial charge in [-0.15, -0.1) is 0 Å².